The maximum absolute atomic E-state index is 14.3. The zero-order valence-electron chi connectivity index (χ0n) is 17.6. The summed E-state index contributed by atoms with van der Waals surface area (Å²) < 4.78 is 24.8. The van der Waals surface area contributed by atoms with Crippen LogP contribution in [0.2, 0.25) is 0 Å². The molecule has 2 unspecified atom stereocenters. The second-order valence-corrected chi connectivity index (χ2v) is 7.78. The summed E-state index contributed by atoms with van der Waals surface area (Å²) in [5.41, 5.74) is 2.74. The highest BCUT2D eigenvalue weighted by molar-refractivity contribution is 5.95. The summed E-state index contributed by atoms with van der Waals surface area (Å²) in [4.78, 5) is 29.2. The lowest BCUT2D eigenvalue weighted by atomic mass is 9.99. The van der Waals surface area contributed by atoms with Crippen molar-refractivity contribution in [2.45, 2.75) is 31.6 Å². The molecule has 0 spiro atoms. The van der Waals surface area contributed by atoms with E-state index in [1.54, 1.807) is 23.1 Å². The van der Waals surface area contributed by atoms with E-state index >= 15 is 0 Å². The number of carbonyl (C=O) groups excluding carboxylic acids is 2. The first-order valence-corrected chi connectivity index (χ1v) is 10.3. The molecular weight excluding hydrogens is 401 g/mol. The van der Waals surface area contributed by atoms with Crippen molar-refractivity contribution in [2.24, 2.45) is 0 Å². The van der Waals surface area contributed by atoms with E-state index in [-0.39, 0.29) is 18.9 Å². The third-order valence-corrected chi connectivity index (χ3v) is 5.89. The van der Waals surface area contributed by atoms with Crippen LogP contribution in [0.25, 0.3) is 0 Å². The van der Waals surface area contributed by atoms with Crippen LogP contribution in [0.3, 0.4) is 0 Å². The van der Waals surface area contributed by atoms with Gasteiger partial charge >= 0.3 is 6.03 Å². The monoisotopic (exact) mass is 427 g/mol. The quantitative estimate of drug-likeness (QED) is 0.813. The number of halogens is 1. The summed E-state index contributed by atoms with van der Waals surface area (Å²) in [6.45, 7) is 0.917. The van der Waals surface area contributed by atoms with Gasteiger partial charge in [0.15, 0.2) is 0 Å². The van der Waals surface area contributed by atoms with Crippen LogP contribution in [0.1, 0.15) is 17.5 Å². The lowest BCUT2D eigenvalue weighted by Crippen LogP contribution is -2.50. The molecular formula is C23H26FN3O4. The van der Waals surface area contributed by atoms with Gasteiger partial charge in [-0.2, -0.15) is 0 Å². The summed E-state index contributed by atoms with van der Waals surface area (Å²) in [5.74, 6) is 0.781. The molecule has 2 aliphatic rings. The van der Waals surface area contributed by atoms with Gasteiger partial charge in [0.05, 0.1) is 26.5 Å². The first-order valence-electron chi connectivity index (χ1n) is 10.3. The van der Waals surface area contributed by atoms with Crippen LogP contribution in [0.15, 0.2) is 42.5 Å². The highest BCUT2D eigenvalue weighted by atomic mass is 19.1. The Hall–Kier alpha value is -3.29. The van der Waals surface area contributed by atoms with Crippen molar-refractivity contribution in [2.75, 3.05) is 32.6 Å². The van der Waals surface area contributed by atoms with Gasteiger partial charge in [-0.05, 0) is 29.7 Å². The molecule has 2 aromatic rings. The Morgan fingerprint density at radius 3 is 2.61 bits per heavy atom. The number of likely N-dealkylation sites (tertiary alicyclic amines) is 1. The van der Waals surface area contributed by atoms with Gasteiger partial charge in [-0.1, -0.05) is 24.3 Å². The van der Waals surface area contributed by atoms with Gasteiger partial charge in [0.1, 0.15) is 23.7 Å². The average molecular weight is 427 g/mol. The molecule has 0 aromatic heterocycles. The van der Waals surface area contributed by atoms with Gasteiger partial charge in [0.25, 0.3) is 0 Å². The minimum Gasteiger partial charge on any atom is -0.497 e. The number of amides is 3. The van der Waals surface area contributed by atoms with E-state index in [4.69, 9.17) is 9.47 Å². The van der Waals surface area contributed by atoms with Crippen LogP contribution in [0.4, 0.5) is 14.9 Å². The molecule has 1 N–H and O–H groups in total. The Bertz CT molecular complexity index is 983. The minimum atomic E-state index is -1.24. The average Bonchev–Trinajstić information content (AvgIpc) is 3.20. The second-order valence-electron chi connectivity index (χ2n) is 7.78. The largest absolute Gasteiger partial charge is 0.497 e. The van der Waals surface area contributed by atoms with Gasteiger partial charge in [0, 0.05) is 25.6 Å². The third kappa shape index (κ3) is 4.28. The Morgan fingerprint density at radius 1 is 1.10 bits per heavy atom. The van der Waals surface area contributed by atoms with Gasteiger partial charge in [-0.15, -0.1) is 0 Å². The molecule has 0 radical (unpaired) electrons. The maximum Gasteiger partial charge on any atom is 0.322 e. The first kappa shape index (κ1) is 21.0. The molecule has 0 saturated carbocycles. The van der Waals surface area contributed by atoms with Crippen LogP contribution in [-0.2, 0) is 17.8 Å². The van der Waals surface area contributed by atoms with E-state index < -0.39 is 18.2 Å². The Kier molecular flexibility index (Phi) is 5.97. The summed E-state index contributed by atoms with van der Waals surface area (Å²) in [6.07, 6.45) is -0.484. The van der Waals surface area contributed by atoms with Gasteiger partial charge in [-0.3, -0.25) is 4.79 Å². The normalized spacial score (nSPS) is 20.2. The van der Waals surface area contributed by atoms with Crippen LogP contribution < -0.4 is 14.8 Å². The van der Waals surface area contributed by atoms with Crippen molar-refractivity contribution in [3.8, 4) is 11.5 Å². The second kappa shape index (κ2) is 8.83. The molecule has 0 aliphatic carbocycles. The van der Waals surface area contributed by atoms with Gasteiger partial charge < -0.3 is 24.6 Å². The van der Waals surface area contributed by atoms with Crippen molar-refractivity contribution in [1.82, 2.24) is 9.80 Å². The molecule has 0 bridgehead atoms. The molecule has 2 aliphatic heterocycles. The highest BCUT2D eigenvalue weighted by Gasteiger charge is 2.42. The number of carbonyl (C=O) groups is 2. The molecule has 31 heavy (non-hydrogen) atoms. The van der Waals surface area contributed by atoms with E-state index in [0.717, 1.165) is 12.0 Å². The lowest BCUT2D eigenvalue weighted by molar-refractivity contribution is -0.136. The number of hydrogen-bond donors (Lipinski definition) is 1. The number of urea groups is 1. The van der Waals surface area contributed by atoms with Crippen molar-refractivity contribution in [3.05, 3.63) is 53.6 Å². The number of rotatable bonds is 4. The zero-order chi connectivity index (χ0) is 22.0. The van der Waals surface area contributed by atoms with Crippen molar-refractivity contribution in [3.63, 3.8) is 0 Å². The summed E-state index contributed by atoms with van der Waals surface area (Å²) in [7, 11) is 3.02. The number of alkyl halides is 1. The third-order valence-electron chi connectivity index (χ3n) is 5.89. The van der Waals surface area contributed by atoms with Gasteiger partial charge in [-0.25, -0.2) is 9.18 Å². The van der Waals surface area contributed by atoms with E-state index in [9.17, 15) is 14.0 Å². The Balaban J connectivity index is 1.49. The Labute approximate surface area is 180 Å². The number of benzene rings is 2. The highest BCUT2D eigenvalue weighted by Crippen LogP contribution is 2.31. The molecule has 1 fully saturated rings. The molecule has 1 saturated heterocycles. The van der Waals surface area contributed by atoms with Crippen molar-refractivity contribution < 1.29 is 23.5 Å². The van der Waals surface area contributed by atoms with E-state index in [0.29, 0.717) is 30.3 Å². The number of methoxy groups -OCH3 is 2. The molecule has 8 heteroatoms. The zero-order valence-corrected chi connectivity index (χ0v) is 17.6. The SMILES string of the molecule is COc1ccc(NC(=O)N2CC(F)CC2C(=O)N2CCc3ccccc3C2)c(OC)c1. The fourth-order valence-electron chi connectivity index (χ4n) is 4.23. The molecule has 164 valence electrons. The maximum atomic E-state index is 14.3. The van der Waals surface area contributed by atoms with Crippen LogP contribution in [-0.4, -0.2) is 61.3 Å². The van der Waals surface area contributed by atoms with Crippen LogP contribution in [0, 0.1) is 0 Å². The predicted molar refractivity (Wildman–Crippen MR) is 114 cm³/mol. The van der Waals surface area contributed by atoms with Crippen molar-refractivity contribution >= 4 is 17.6 Å². The number of fused-ring (bicyclic) bond motifs is 1. The number of ether oxygens (including phenoxy) is 2. The fraction of sp³-hybridized carbons (Fsp3) is 0.391. The lowest BCUT2D eigenvalue weighted by Gasteiger charge is -2.33. The summed E-state index contributed by atoms with van der Waals surface area (Å²) in [6, 6.07) is 11.6. The molecule has 2 aromatic carbocycles. The number of anilines is 1. The first-order chi connectivity index (χ1) is 15.0. The predicted octanol–water partition coefficient (Wildman–Crippen LogP) is 3.23. The summed E-state index contributed by atoms with van der Waals surface area (Å²) >= 11 is 0. The van der Waals surface area contributed by atoms with E-state index in [1.807, 2.05) is 18.2 Å². The van der Waals surface area contributed by atoms with Crippen LogP contribution in [0.5, 0.6) is 11.5 Å². The molecule has 2 heterocycles. The van der Waals surface area contributed by atoms with Crippen molar-refractivity contribution in [1.29, 1.82) is 0 Å². The number of nitrogens with zero attached hydrogens (tertiary/aromatic N) is 2. The molecule has 7 nitrogen and oxygen atoms in total. The number of hydrogen-bond acceptors (Lipinski definition) is 4. The Morgan fingerprint density at radius 2 is 1.87 bits per heavy atom. The van der Waals surface area contributed by atoms with Gasteiger partial charge in [0.2, 0.25) is 5.91 Å². The van der Waals surface area contributed by atoms with E-state index in [2.05, 4.69) is 11.4 Å². The molecule has 2 atom stereocenters. The topological polar surface area (TPSA) is 71.1 Å². The molecule has 4 rings (SSSR count). The summed E-state index contributed by atoms with van der Waals surface area (Å²) in [5, 5.41) is 2.75. The van der Waals surface area contributed by atoms with Crippen LogP contribution >= 0.6 is 0 Å². The minimum absolute atomic E-state index is 0.00411. The number of nitrogens with one attached hydrogen (secondary N) is 1. The fourth-order valence-corrected chi connectivity index (χ4v) is 4.23. The van der Waals surface area contributed by atoms with E-state index in [1.165, 1.54) is 24.7 Å². The standard InChI is InChI=1S/C23H26FN3O4/c1-30-18-7-8-19(21(12-18)31-2)25-23(29)27-14-17(24)11-20(27)22(28)26-10-9-15-5-3-4-6-16(15)13-26/h3-8,12,17,20H,9-11,13-14H2,1-2H3,(H,25,29). The smallest absolute Gasteiger partial charge is 0.322 e. The molecule has 3 amide bonds.